The van der Waals surface area contributed by atoms with Crippen LogP contribution < -0.4 is 10.1 Å². The van der Waals surface area contributed by atoms with Crippen molar-refractivity contribution in [3.05, 3.63) is 24.3 Å². The van der Waals surface area contributed by atoms with Gasteiger partial charge in [-0.25, -0.2) is 0 Å². The number of carbonyl (C=O) groups is 2. The van der Waals surface area contributed by atoms with Gasteiger partial charge in [-0.1, -0.05) is 12.1 Å². The molecule has 1 N–H and O–H groups in total. The number of para-hydroxylation sites is 2. The zero-order valence-electron chi connectivity index (χ0n) is 16.5. The van der Waals surface area contributed by atoms with Crippen molar-refractivity contribution in [3.63, 3.8) is 0 Å². The van der Waals surface area contributed by atoms with E-state index in [9.17, 15) is 9.59 Å². The lowest BCUT2D eigenvalue weighted by molar-refractivity contribution is -0.149. The van der Waals surface area contributed by atoms with Gasteiger partial charge in [0.1, 0.15) is 12.4 Å². The maximum Gasteiger partial charge on any atom is 0.309 e. The van der Waals surface area contributed by atoms with E-state index in [0.29, 0.717) is 44.3 Å². The van der Waals surface area contributed by atoms with Gasteiger partial charge in [-0.05, 0) is 57.8 Å². The van der Waals surface area contributed by atoms with Crippen molar-refractivity contribution >= 4 is 17.6 Å². The fourth-order valence-electron chi connectivity index (χ4n) is 3.63. The van der Waals surface area contributed by atoms with Crippen LogP contribution in [0, 0.1) is 5.92 Å². The largest absolute Gasteiger partial charge is 0.489 e. The predicted octanol–water partition coefficient (Wildman–Crippen LogP) is 2.46. The summed E-state index contributed by atoms with van der Waals surface area (Å²) < 4.78 is 16.5. The Morgan fingerprint density at radius 2 is 2.00 bits per heavy atom. The van der Waals surface area contributed by atoms with Gasteiger partial charge >= 0.3 is 5.97 Å². The standard InChI is InChI=1S/C21H30N2O5/c1-2-26-21(25)16-9-11-23(12-10-16)14-20(24)22-18-7-3-4-8-19(18)28-15-17-6-5-13-27-17/h3-4,7-8,16-17H,2,5-6,9-15H2,1H3,(H,22,24). The molecule has 1 amide bonds. The van der Waals surface area contributed by atoms with Crippen molar-refractivity contribution < 1.29 is 23.8 Å². The number of benzene rings is 1. The highest BCUT2D eigenvalue weighted by molar-refractivity contribution is 5.93. The first-order valence-corrected chi connectivity index (χ1v) is 10.2. The Kier molecular flexibility index (Phi) is 7.68. The first-order chi connectivity index (χ1) is 13.7. The summed E-state index contributed by atoms with van der Waals surface area (Å²) in [4.78, 5) is 26.4. The van der Waals surface area contributed by atoms with Crippen molar-refractivity contribution in [1.29, 1.82) is 0 Å². The average molecular weight is 390 g/mol. The molecule has 2 aliphatic rings. The van der Waals surface area contributed by atoms with Crippen LogP contribution in [0.25, 0.3) is 0 Å². The second kappa shape index (κ2) is 10.4. The highest BCUT2D eigenvalue weighted by Crippen LogP contribution is 2.25. The number of hydrogen-bond donors (Lipinski definition) is 1. The Labute approximate surface area is 166 Å². The molecule has 0 spiro atoms. The van der Waals surface area contributed by atoms with Crippen molar-refractivity contribution in [2.24, 2.45) is 5.92 Å². The number of likely N-dealkylation sites (tertiary alicyclic amines) is 1. The van der Waals surface area contributed by atoms with Crippen LogP contribution in [0.4, 0.5) is 5.69 Å². The van der Waals surface area contributed by atoms with Gasteiger partial charge in [0.15, 0.2) is 0 Å². The lowest BCUT2D eigenvalue weighted by Crippen LogP contribution is -2.41. The number of rotatable bonds is 8. The smallest absolute Gasteiger partial charge is 0.309 e. The molecule has 1 aromatic carbocycles. The van der Waals surface area contributed by atoms with E-state index >= 15 is 0 Å². The number of ether oxygens (including phenoxy) is 3. The summed E-state index contributed by atoms with van der Waals surface area (Å²) in [5.74, 6) is 0.408. The van der Waals surface area contributed by atoms with E-state index in [0.717, 1.165) is 32.3 Å². The molecule has 7 nitrogen and oxygen atoms in total. The summed E-state index contributed by atoms with van der Waals surface area (Å²) in [6, 6.07) is 7.46. The van der Waals surface area contributed by atoms with Crippen LogP contribution in [0.1, 0.15) is 32.6 Å². The van der Waals surface area contributed by atoms with Gasteiger partial charge in [0.2, 0.25) is 5.91 Å². The molecule has 7 heteroatoms. The molecule has 1 unspecified atom stereocenters. The van der Waals surface area contributed by atoms with E-state index in [1.807, 2.05) is 31.2 Å². The Bertz CT molecular complexity index is 652. The maximum atomic E-state index is 12.5. The average Bonchev–Trinajstić information content (AvgIpc) is 3.21. The van der Waals surface area contributed by atoms with Crippen LogP contribution in [0.15, 0.2) is 24.3 Å². The summed E-state index contributed by atoms with van der Waals surface area (Å²) in [6.45, 7) is 5.25. The second-order valence-corrected chi connectivity index (χ2v) is 7.29. The highest BCUT2D eigenvalue weighted by Gasteiger charge is 2.27. The molecule has 0 radical (unpaired) electrons. The SMILES string of the molecule is CCOC(=O)C1CCN(CC(=O)Nc2ccccc2OCC2CCCO2)CC1. The zero-order valence-corrected chi connectivity index (χ0v) is 16.5. The summed E-state index contributed by atoms with van der Waals surface area (Å²) in [7, 11) is 0. The van der Waals surface area contributed by atoms with Gasteiger partial charge in [0.25, 0.3) is 0 Å². The third kappa shape index (κ3) is 5.94. The molecule has 2 saturated heterocycles. The monoisotopic (exact) mass is 390 g/mol. The lowest BCUT2D eigenvalue weighted by Gasteiger charge is -2.30. The molecule has 154 valence electrons. The lowest BCUT2D eigenvalue weighted by atomic mass is 9.97. The molecule has 1 aromatic rings. The maximum absolute atomic E-state index is 12.5. The van der Waals surface area contributed by atoms with Crippen molar-refractivity contribution in [1.82, 2.24) is 4.90 Å². The van der Waals surface area contributed by atoms with Crippen molar-refractivity contribution in [3.8, 4) is 5.75 Å². The summed E-state index contributed by atoms with van der Waals surface area (Å²) in [6.07, 6.45) is 3.67. The van der Waals surface area contributed by atoms with Crippen molar-refractivity contribution in [2.75, 3.05) is 44.8 Å². The van der Waals surface area contributed by atoms with Crippen LogP contribution in [0.3, 0.4) is 0 Å². The van der Waals surface area contributed by atoms with E-state index in [1.54, 1.807) is 0 Å². The number of hydrogen-bond acceptors (Lipinski definition) is 6. The Balaban J connectivity index is 1.45. The van der Waals surface area contributed by atoms with Gasteiger partial charge in [0.05, 0.1) is 30.9 Å². The summed E-state index contributed by atoms with van der Waals surface area (Å²) >= 11 is 0. The van der Waals surface area contributed by atoms with E-state index in [4.69, 9.17) is 14.2 Å². The molecule has 0 saturated carbocycles. The van der Waals surface area contributed by atoms with Gasteiger partial charge in [-0.3, -0.25) is 14.5 Å². The second-order valence-electron chi connectivity index (χ2n) is 7.29. The van der Waals surface area contributed by atoms with Crippen LogP contribution in [-0.2, 0) is 19.1 Å². The quantitative estimate of drug-likeness (QED) is 0.687. The number of piperidine rings is 1. The molecule has 3 rings (SSSR count). The molecule has 1 atom stereocenters. The first kappa shape index (κ1) is 20.6. The Hall–Kier alpha value is -2.12. The molecule has 28 heavy (non-hydrogen) atoms. The van der Waals surface area contributed by atoms with Crippen LogP contribution in [0.2, 0.25) is 0 Å². The molecular formula is C21H30N2O5. The number of carbonyl (C=O) groups excluding carboxylic acids is 2. The van der Waals surface area contributed by atoms with Gasteiger partial charge in [-0.15, -0.1) is 0 Å². The Morgan fingerprint density at radius 1 is 1.21 bits per heavy atom. The molecule has 2 aliphatic heterocycles. The minimum absolute atomic E-state index is 0.0498. The highest BCUT2D eigenvalue weighted by atomic mass is 16.5. The minimum atomic E-state index is -0.121. The van der Waals surface area contributed by atoms with Gasteiger partial charge in [0, 0.05) is 6.61 Å². The van der Waals surface area contributed by atoms with Crippen LogP contribution in [-0.4, -0.2) is 62.3 Å². The summed E-state index contributed by atoms with van der Waals surface area (Å²) in [5, 5.41) is 2.95. The molecule has 2 fully saturated rings. The topological polar surface area (TPSA) is 77.1 Å². The van der Waals surface area contributed by atoms with E-state index in [1.165, 1.54) is 0 Å². The van der Waals surface area contributed by atoms with Crippen LogP contribution in [0.5, 0.6) is 5.75 Å². The molecule has 0 aliphatic carbocycles. The fourth-order valence-corrected chi connectivity index (χ4v) is 3.63. The zero-order chi connectivity index (χ0) is 19.8. The Morgan fingerprint density at radius 3 is 2.71 bits per heavy atom. The molecular weight excluding hydrogens is 360 g/mol. The predicted molar refractivity (Wildman–Crippen MR) is 105 cm³/mol. The number of nitrogens with zero attached hydrogens (tertiary/aromatic N) is 1. The summed E-state index contributed by atoms with van der Waals surface area (Å²) in [5.41, 5.74) is 0.673. The van der Waals surface area contributed by atoms with E-state index in [-0.39, 0.29) is 23.9 Å². The van der Waals surface area contributed by atoms with Gasteiger partial charge < -0.3 is 19.5 Å². The third-order valence-electron chi connectivity index (χ3n) is 5.18. The molecule has 0 bridgehead atoms. The fraction of sp³-hybridized carbons (Fsp3) is 0.619. The van der Waals surface area contributed by atoms with E-state index in [2.05, 4.69) is 10.2 Å². The molecule has 0 aromatic heterocycles. The number of amides is 1. The van der Waals surface area contributed by atoms with E-state index < -0.39 is 0 Å². The third-order valence-corrected chi connectivity index (χ3v) is 5.18. The molecule has 2 heterocycles. The van der Waals surface area contributed by atoms with Gasteiger partial charge in [-0.2, -0.15) is 0 Å². The van der Waals surface area contributed by atoms with Crippen LogP contribution >= 0.6 is 0 Å². The minimum Gasteiger partial charge on any atom is -0.489 e. The first-order valence-electron chi connectivity index (χ1n) is 10.2. The normalized spacial score (nSPS) is 20.7. The number of anilines is 1. The number of nitrogens with one attached hydrogen (secondary N) is 1. The van der Waals surface area contributed by atoms with Crippen molar-refractivity contribution in [2.45, 2.75) is 38.7 Å². The number of esters is 1.